The van der Waals surface area contributed by atoms with Crippen LogP contribution < -0.4 is 0 Å². The fourth-order valence-electron chi connectivity index (χ4n) is 1.65. The summed E-state index contributed by atoms with van der Waals surface area (Å²) in [6.07, 6.45) is 0. The van der Waals surface area contributed by atoms with Crippen molar-refractivity contribution < 1.29 is 19.1 Å². The largest absolute Gasteiger partial charge is 0.462 e. The van der Waals surface area contributed by atoms with E-state index in [9.17, 15) is 9.59 Å². The summed E-state index contributed by atoms with van der Waals surface area (Å²) >= 11 is 0. The summed E-state index contributed by atoms with van der Waals surface area (Å²) in [6, 6.07) is 8.37. The second-order valence-electron chi connectivity index (χ2n) is 3.93. The molecule has 0 amide bonds. The maximum atomic E-state index is 12.0. The lowest BCUT2D eigenvalue weighted by atomic mass is 10.0. The number of carbonyl (C=O) groups is 2. The van der Waals surface area contributed by atoms with Crippen LogP contribution in [0, 0.1) is 11.3 Å². The highest BCUT2D eigenvalue weighted by atomic mass is 16.5. The highest BCUT2D eigenvalue weighted by Gasteiger charge is 2.19. The molecule has 1 rings (SSSR count). The van der Waals surface area contributed by atoms with Gasteiger partial charge >= 0.3 is 11.9 Å². The minimum absolute atomic E-state index is 0.167. The van der Waals surface area contributed by atoms with Crippen LogP contribution in [0.25, 0.3) is 5.57 Å². The summed E-state index contributed by atoms with van der Waals surface area (Å²) in [4.78, 5) is 23.0. The van der Waals surface area contributed by atoms with Crippen molar-refractivity contribution in [3.8, 4) is 6.07 Å². The van der Waals surface area contributed by atoms with E-state index in [0.717, 1.165) is 0 Å². The van der Waals surface area contributed by atoms with E-state index < -0.39 is 11.9 Å². The third-order valence-corrected chi connectivity index (χ3v) is 2.43. The van der Waals surface area contributed by atoms with E-state index in [0.29, 0.717) is 11.1 Å². The Morgan fingerprint density at radius 3 is 2.25 bits per heavy atom. The molecule has 0 bridgehead atoms. The zero-order chi connectivity index (χ0) is 15.1. The zero-order valence-electron chi connectivity index (χ0n) is 11.6. The van der Waals surface area contributed by atoms with E-state index in [2.05, 4.69) is 0 Å². The monoisotopic (exact) mass is 273 g/mol. The van der Waals surface area contributed by atoms with E-state index in [1.165, 1.54) is 13.8 Å². The number of allylic oxidation sites excluding steroid dienone is 1. The van der Waals surface area contributed by atoms with Gasteiger partial charge in [0.2, 0.25) is 0 Å². The Bertz CT molecular complexity index is 579. The molecule has 0 atom stereocenters. The number of hydrogen-bond acceptors (Lipinski definition) is 5. The van der Waals surface area contributed by atoms with Crippen molar-refractivity contribution >= 4 is 17.5 Å². The molecule has 0 aliphatic heterocycles. The number of nitriles is 1. The molecule has 0 aliphatic carbocycles. The van der Waals surface area contributed by atoms with Crippen LogP contribution in [0.15, 0.2) is 30.0 Å². The summed E-state index contributed by atoms with van der Waals surface area (Å²) in [5.74, 6) is -0.922. The molecule has 5 heteroatoms. The van der Waals surface area contributed by atoms with Crippen molar-refractivity contribution in [2.24, 2.45) is 0 Å². The van der Waals surface area contributed by atoms with Gasteiger partial charge in [-0.1, -0.05) is 12.1 Å². The lowest BCUT2D eigenvalue weighted by Gasteiger charge is -2.11. The maximum absolute atomic E-state index is 12.0. The zero-order valence-corrected chi connectivity index (χ0v) is 11.6. The summed E-state index contributed by atoms with van der Waals surface area (Å²) < 4.78 is 9.93. The lowest BCUT2D eigenvalue weighted by Crippen LogP contribution is -2.11. The summed E-state index contributed by atoms with van der Waals surface area (Å²) in [7, 11) is 0. The molecule has 0 fully saturated rings. The molecule has 104 valence electrons. The van der Waals surface area contributed by atoms with Gasteiger partial charge in [0.1, 0.15) is 11.3 Å². The Morgan fingerprint density at radius 2 is 1.80 bits per heavy atom. The fourth-order valence-corrected chi connectivity index (χ4v) is 1.65. The predicted octanol–water partition coefficient (Wildman–Crippen LogP) is 2.42. The van der Waals surface area contributed by atoms with Crippen LogP contribution in [0.2, 0.25) is 0 Å². The van der Waals surface area contributed by atoms with Crippen molar-refractivity contribution in [3.63, 3.8) is 0 Å². The van der Waals surface area contributed by atoms with Crippen LogP contribution in [0.5, 0.6) is 0 Å². The van der Waals surface area contributed by atoms with Gasteiger partial charge in [0.05, 0.1) is 18.2 Å². The second kappa shape index (κ2) is 7.10. The van der Waals surface area contributed by atoms with E-state index in [-0.39, 0.29) is 17.9 Å². The molecule has 0 heterocycles. The first-order chi connectivity index (χ1) is 9.49. The van der Waals surface area contributed by atoms with E-state index in [4.69, 9.17) is 14.7 Å². The van der Waals surface area contributed by atoms with Gasteiger partial charge in [0, 0.05) is 6.92 Å². The number of esters is 2. The third kappa shape index (κ3) is 3.95. The van der Waals surface area contributed by atoms with Gasteiger partial charge in [0.25, 0.3) is 0 Å². The molecule has 0 saturated carbocycles. The molecule has 0 radical (unpaired) electrons. The average molecular weight is 273 g/mol. The van der Waals surface area contributed by atoms with Crippen LogP contribution in [0.3, 0.4) is 0 Å². The first-order valence-corrected chi connectivity index (χ1v) is 6.06. The van der Waals surface area contributed by atoms with Gasteiger partial charge in [-0.15, -0.1) is 0 Å². The van der Waals surface area contributed by atoms with E-state index >= 15 is 0 Å². The molecule has 0 unspecified atom stereocenters. The van der Waals surface area contributed by atoms with E-state index in [1.54, 1.807) is 31.2 Å². The Labute approximate surface area is 117 Å². The average Bonchev–Trinajstić information content (AvgIpc) is 2.39. The molecule has 1 aromatic rings. The Hall–Kier alpha value is -2.61. The summed E-state index contributed by atoms with van der Waals surface area (Å²) in [5, 5.41) is 8.77. The molecular formula is C15H15NO4. The van der Waals surface area contributed by atoms with Crippen molar-refractivity contribution in [1.29, 1.82) is 5.26 Å². The van der Waals surface area contributed by atoms with Crippen molar-refractivity contribution in [1.82, 2.24) is 0 Å². The Kier molecular flexibility index (Phi) is 5.48. The van der Waals surface area contributed by atoms with Gasteiger partial charge in [0.15, 0.2) is 0 Å². The minimum atomic E-state index is -0.573. The molecule has 5 nitrogen and oxygen atoms in total. The van der Waals surface area contributed by atoms with Crippen molar-refractivity contribution in [2.45, 2.75) is 20.8 Å². The quantitative estimate of drug-likeness (QED) is 0.478. The number of rotatable bonds is 4. The Morgan fingerprint density at radius 1 is 1.20 bits per heavy atom. The van der Waals surface area contributed by atoms with Gasteiger partial charge < -0.3 is 9.47 Å². The highest BCUT2D eigenvalue weighted by molar-refractivity contribution is 6.17. The molecule has 0 saturated heterocycles. The first kappa shape index (κ1) is 15.4. The highest BCUT2D eigenvalue weighted by Crippen LogP contribution is 2.22. The van der Waals surface area contributed by atoms with Crippen LogP contribution in [0.4, 0.5) is 0 Å². The Balaban J connectivity index is 3.25. The lowest BCUT2D eigenvalue weighted by molar-refractivity contribution is -0.137. The number of hydrogen-bond donors (Lipinski definition) is 0. The summed E-state index contributed by atoms with van der Waals surface area (Å²) in [5.41, 5.74) is 1.18. The van der Waals surface area contributed by atoms with Gasteiger partial charge in [-0.25, -0.2) is 4.79 Å². The molecule has 0 aromatic heterocycles. The topological polar surface area (TPSA) is 76.4 Å². The normalized spacial score (nSPS) is 11.1. The number of nitrogens with zero attached hydrogens (tertiary/aromatic N) is 1. The fraction of sp³-hybridized carbons (Fsp3) is 0.267. The third-order valence-electron chi connectivity index (χ3n) is 2.43. The van der Waals surface area contributed by atoms with Crippen LogP contribution >= 0.6 is 0 Å². The van der Waals surface area contributed by atoms with Crippen LogP contribution in [-0.2, 0) is 19.1 Å². The van der Waals surface area contributed by atoms with Crippen LogP contribution in [0.1, 0.15) is 31.9 Å². The second-order valence-corrected chi connectivity index (χ2v) is 3.93. The number of benzene rings is 1. The van der Waals surface area contributed by atoms with Gasteiger partial charge in [-0.2, -0.15) is 5.26 Å². The predicted molar refractivity (Wildman–Crippen MR) is 72.2 cm³/mol. The molecule has 20 heavy (non-hydrogen) atoms. The number of ether oxygens (including phenoxy) is 2. The van der Waals surface area contributed by atoms with Gasteiger partial charge in [-0.05, 0) is 31.5 Å². The first-order valence-electron chi connectivity index (χ1n) is 6.06. The van der Waals surface area contributed by atoms with E-state index in [1.807, 2.05) is 6.07 Å². The van der Waals surface area contributed by atoms with Crippen molar-refractivity contribution in [2.75, 3.05) is 6.61 Å². The minimum Gasteiger partial charge on any atom is -0.462 e. The number of carbonyl (C=O) groups excluding carboxylic acids is 2. The van der Waals surface area contributed by atoms with Crippen molar-refractivity contribution in [3.05, 3.63) is 41.2 Å². The van der Waals surface area contributed by atoms with Crippen LogP contribution in [-0.4, -0.2) is 18.5 Å². The molecule has 1 aromatic carbocycles. The summed E-state index contributed by atoms with van der Waals surface area (Å²) in [6.45, 7) is 4.68. The molecule has 0 N–H and O–H groups in total. The standard InChI is InChI=1S/C15H15NO4/c1-4-19-15(18)14(10(2)20-11(3)17)13-7-5-12(9-16)6-8-13/h5-8H,4H2,1-3H3/b14-10-. The molecule has 0 aliphatic rings. The SMILES string of the molecule is CCOC(=O)/C(=C(/C)OC(C)=O)c1ccc(C#N)cc1. The molecule has 0 spiro atoms. The smallest absolute Gasteiger partial charge is 0.342 e. The molecular weight excluding hydrogens is 258 g/mol. The maximum Gasteiger partial charge on any atom is 0.342 e. The van der Waals surface area contributed by atoms with Gasteiger partial charge in [-0.3, -0.25) is 4.79 Å².